The van der Waals surface area contributed by atoms with E-state index in [1.165, 1.54) is 32.4 Å². The number of nitrogens with one attached hydrogen (secondary N) is 1. The number of nitrogens with zero attached hydrogens (tertiary/aromatic N) is 1. The lowest BCUT2D eigenvalue weighted by molar-refractivity contribution is -0.134. The molecule has 1 aliphatic carbocycles. The van der Waals surface area contributed by atoms with Gasteiger partial charge in [-0.15, -0.1) is 0 Å². The van der Waals surface area contributed by atoms with Gasteiger partial charge in [-0.3, -0.25) is 9.59 Å². The number of Topliss-reactive ketones (excluding diaryl/α,β-unsaturated/α-hetero) is 1. The Hall–Kier alpha value is -0.900. The predicted octanol–water partition coefficient (Wildman–Crippen LogP) is 2.37. The number of rotatable bonds is 6. The van der Waals surface area contributed by atoms with Gasteiger partial charge in [-0.2, -0.15) is 0 Å². The quantitative estimate of drug-likeness (QED) is 0.765. The molecule has 4 heteroatoms. The van der Waals surface area contributed by atoms with Crippen molar-refractivity contribution in [1.82, 2.24) is 10.2 Å². The standard InChI is InChI=1S/C17H30N2O2/c1-14(20)15-8-3-4-9-16(15)17(21)18-10-7-13-19-11-5-2-6-12-19/h15-16H,2-13H2,1H3,(H,18,21)/t15-,16?/m0/s1. The largest absolute Gasteiger partial charge is 0.356 e. The second kappa shape index (κ2) is 8.52. The molecule has 1 saturated heterocycles. The summed E-state index contributed by atoms with van der Waals surface area (Å²) >= 11 is 0. The van der Waals surface area contributed by atoms with Crippen LogP contribution in [0.2, 0.25) is 0 Å². The summed E-state index contributed by atoms with van der Waals surface area (Å²) in [5.41, 5.74) is 0. The van der Waals surface area contributed by atoms with Crippen LogP contribution in [-0.4, -0.2) is 42.8 Å². The fourth-order valence-corrected chi connectivity index (χ4v) is 3.76. The van der Waals surface area contributed by atoms with Crippen molar-refractivity contribution in [2.75, 3.05) is 26.2 Å². The Morgan fingerprint density at radius 2 is 1.67 bits per heavy atom. The van der Waals surface area contributed by atoms with E-state index in [1.807, 2.05) is 0 Å². The lowest BCUT2D eigenvalue weighted by atomic mass is 9.77. The van der Waals surface area contributed by atoms with Crippen LogP contribution in [0.4, 0.5) is 0 Å². The zero-order chi connectivity index (χ0) is 15.1. The van der Waals surface area contributed by atoms with E-state index in [-0.39, 0.29) is 23.5 Å². The van der Waals surface area contributed by atoms with Gasteiger partial charge in [0.15, 0.2) is 0 Å². The first-order valence-corrected chi connectivity index (χ1v) is 8.69. The molecule has 2 atom stereocenters. The summed E-state index contributed by atoms with van der Waals surface area (Å²) < 4.78 is 0. The van der Waals surface area contributed by atoms with Crippen LogP contribution < -0.4 is 5.32 Å². The van der Waals surface area contributed by atoms with Gasteiger partial charge in [0.05, 0.1) is 0 Å². The zero-order valence-electron chi connectivity index (χ0n) is 13.4. The summed E-state index contributed by atoms with van der Waals surface area (Å²) in [6, 6.07) is 0. The van der Waals surface area contributed by atoms with E-state index in [1.54, 1.807) is 6.92 Å². The van der Waals surface area contributed by atoms with Crippen molar-refractivity contribution in [3.05, 3.63) is 0 Å². The third kappa shape index (κ3) is 5.10. The zero-order valence-corrected chi connectivity index (χ0v) is 13.4. The molecule has 2 aliphatic rings. The molecule has 0 spiro atoms. The van der Waals surface area contributed by atoms with Crippen molar-refractivity contribution in [2.45, 2.75) is 58.3 Å². The molecule has 0 aromatic rings. The van der Waals surface area contributed by atoms with Crippen LogP contribution in [0.15, 0.2) is 0 Å². The summed E-state index contributed by atoms with van der Waals surface area (Å²) in [6.45, 7) is 5.89. The maximum absolute atomic E-state index is 12.3. The second-order valence-electron chi connectivity index (χ2n) is 6.65. The highest BCUT2D eigenvalue weighted by Crippen LogP contribution is 2.30. The molecule has 0 radical (unpaired) electrons. The van der Waals surface area contributed by atoms with Gasteiger partial charge in [0, 0.05) is 18.4 Å². The van der Waals surface area contributed by atoms with Crippen LogP contribution in [-0.2, 0) is 9.59 Å². The summed E-state index contributed by atoms with van der Waals surface area (Å²) in [7, 11) is 0. The monoisotopic (exact) mass is 294 g/mol. The summed E-state index contributed by atoms with van der Waals surface area (Å²) in [6.07, 6.45) is 8.94. The molecule has 1 saturated carbocycles. The van der Waals surface area contributed by atoms with Crippen LogP contribution >= 0.6 is 0 Å². The SMILES string of the molecule is CC(=O)[C@@H]1CCCCC1C(=O)NCCCN1CCCCC1. The maximum Gasteiger partial charge on any atom is 0.223 e. The molecule has 1 N–H and O–H groups in total. The molecule has 21 heavy (non-hydrogen) atoms. The average molecular weight is 294 g/mol. The molecule has 120 valence electrons. The second-order valence-corrected chi connectivity index (χ2v) is 6.65. The molecule has 1 aliphatic heterocycles. The van der Waals surface area contributed by atoms with Crippen LogP contribution in [0.5, 0.6) is 0 Å². The van der Waals surface area contributed by atoms with E-state index in [4.69, 9.17) is 0 Å². The Morgan fingerprint density at radius 1 is 1.00 bits per heavy atom. The molecule has 1 amide bonds. The van der Waals surface area contributed by atoms with Crippen molar-refractivity contribution in [2.24, 2.45) is 11.8 Å². The van der Waals surface area contributed by atoms with E-state index in [0.29, 0.717) is 0 Å². The van der Waals surface area contributed by atoms with E-state index in [0.717, 1.165) is 45.2 Å². The van der Waals surface area contributed by atoms with Gasteiger partial charge in [-0.25, -0.2) is 0 Å². The number of hydrogen-bond acceptors (Lipinski definition) is 3. The van der Waals surface area contributed by atoms with Crippen molar-refractivity contribution < 1.29 is 9.59 Å². The normalized spacial score (nSPS) is 27.3. The summed E-state index contributed by atoms with van der Waals surface area (Å²) in [5.74, 6) is 0.170. The molecule has 0 bridgehead atoms. The molecule has 0 aromatic carbocycles. The smallest absolute Gasteiger partial charge is 0.223 e. The van der Waals surface area contributed by atoms with E-state index < -0.39 is 0 Å². The van der Waals surface area contributed by atoms with Gasteiger partial charge >= 0.3 is 0 Å². The minimum Gasteiger partial charge on any atom is -0.356 e. The van der Waals surface area contributed by atoms with Gasteiger partial charge in [-0.1, -0.05) is 19.3 Å². The number of piperidine rings is 1. The van der Waals surface area contributed by atoms with E-state index in [2.05, 4.69) is 10.2 Å². The predicted molar refractivity (Wildman–Crippen MR) is 84.0 cm³/mol. The van der Waals surface area contributed by atoms with Crippen molar-refractivity contribution in [3.8, 4) is 0 Å². The van der Waals surface area contributed by atoms with E-state index >= 15 is 0 Å². The number of carbonyl (C=O) groups is 2. The van der Waals surface area contributed by atoms with E-state index in [9.17, 15) is 9.59 Å². The number of likely N-dealkylation sites (tertiary alicyclic amines) is 1. The van der Waals surface area contributed by atoms with Gasteiger partial charge < -0.3 is 10.2 Å². The molecular weight excluding hydrogens is 264 g/mol. The highest BCUT2D eigenvalue weighted by Gasteiger charge is 2.33. The lowest BCUT2D eigenvalue weighted by Gasteiger charge is -2.29. The summed E-state index contributed by atoms with van der Waals surface area (Å²) in [4.78, 5) is 26.4. The Balaban J connectivity index is 1.67. The maximum atomic E-state index is 12.3. The third-order valence-corrected chi connectivity index (χ3v) is 5.02. The van der Waals surface area contributed by atoms with Crippen LogP contribution in [0.3, 0.4) is 0 Å². The van der Waals surface area contributed by atoms with Gasteiger partial charge in [-0.05, 0) is 58.7 Å². The minimum absolute atomic E-state index is 0.0409. The Bertz CT molecular complexity index is 351. The Labute approximate surface area is 128 Å². The minimum atomic E-state index is -0.0776. The number of carbonyl (C=O) groups excluding carboxylic acids is 2. The molecule has 1 unspecified atom stereocenters. The van der Waals surface area contributed by atoms with Gasteiger partial charge in [0.1, 0.15) is 5.78 Å². The highest BCUT2D eigenvalue weighted by molar-refractivity contribution is 5.87. The number of amides is 1. The lowest BCUT2D eigenvalue weighted by Crippen LogP contribution is -2.40. The fourth-order valence-electron chi connectivity index (χ4n) is 3.76. The van der Waals surface area contributed by atoms with Gasteiger partial charge in [0.2, 0.25) is 5.91 Å². The van der Waals surface area contributed by atoms with Crippen LogP contribution in [0, 0.1) is 11.8 Å². The Morgan fingerprint density at radius 3 is 2.33 bits per heavy atom. The molecular formula is C17H30N2O2. The van der Waals surface area contributed by atoms with Crippen molar-refractivity contribution >= 4 is 11.7 Å². The van der Waals surface area contributed by atoms with Crippen molar-refractivity contribution in [1.29, 1.82) is 0 Å². The Kier molecular flexibility index (Phi) is 6.68. The van der Waals surface area contributed by atoms with Crippen molar-refractivity contribution in [3.63, 3.8) is 0 Å². The number of ketones is 1. The fraction of sp³-hybridized carbons (Fsp3) is 0.882. The summed E-state index contributed by atoms with van der Waals surface area (Å²) in [5, 5.41) is 3.06. The highest BCUT2D eigenvalue weighted by atomic mass is 16.2. The van der Waals surface area contributed by atoms with Crippen LogP contribution in [0.1, 0.15) is 58.3 Å². The topological polar surface area (TPSA) is 49.4 Å². The first-order valence-electron chi connectivity index (χ1n) is 8.69. The molecule has 1 heterocycles. The molecule has 2 rings (SSSR count). The third-order valence-electron chi connectivity index (χ3n) is 5.02. The van der Waals surface area contributed by atoms with Gasteiger partial charge in [0.25, 0.3) is 0 Å². The number of hydrogen-bond donors (Lipinski definition) is 1. The van der Waals surface area contributed by atoms with Crippen LogP contribution in [0.25, 0.3) is 0 Å². The molecule has 2 fully saturated rings. The molecule has 4 nitrogen and oxygen atoms in total. The molecule has 0 aromatic heterocycles. The first kappa shape index (κ1) is 16.5. The average Bonchev–Trinajstić information content (AvgIpc) is 2.52. The first-order chi connectivity index (χ1) is 10.2.